The number of nitrogens with zero attached hydrogens (tertiary/aromatic N) is 1. The molecule has 2 aromatic rings. The van der Waals surface area contributed by atoms with Gasteiger partial charge in [-0.2, -0.15) is 0 Å². The van der Waals surface area contributed by atoms with Gasteiger partial charge in [-0.25, -0.2) is 0 Å². The molecule has 0 aliphatic carbocycles. The molecular formula is C19H19Cl2NO. The van der Waals surface area contributed by atoms with Crippen molar-refractivity contribution in [3.63, 3.8) is 0 Å². The number of carbonyl (C=O) groups excluding carboxylic acids is 1. The van der Waals surface area contributed by atoms with Gasteiger partial charge in [0.2, 0.25) is 0 Å². The Morgan fingerprint density at radius 2 is 1.87 bits per heavy atom. The van der Waals surface area contributed by atoms with Crippen LogP contribution in [0.15, 0.2) is 48.5 Å². The van der Waals surface area contributed by atoms with Crippen molar-refractivity contribution in [3.8, 4) is 0 Å². The molecule has 0 radical (unpaired) electrons. The van der Waals surface area contributed by atoms with Gasteiger partial charge >= 0.3 is 0 Å². The van der Waals surface area contributed by atoms with E-state index in [0.29, 0.717) is 16.0 Å². The molecule has 23 heavy (non-hydrogen) atoms. The van der Waals surface area contributed by atoms with Gasteiger partial charge in [-0.05, 0) is 55.0 Å². The lowest BCUT2D eigenvalue weighted by atomic mass is 9.91. The molecule has 1 heterocycles. The molecule has 2 aromatic carbocycles. The number of hydrogen-bond acceptors (Lipinski definition) is 1. The first kappa shape index (κ1) is 16.4. The van der Waals surface area contributed by atoms with Crippen LogP contribution >= 0.6 is 23.2 Å². The van der Waals surface area contributed by atoms with Gasteiger partial charge in [0.15, 0.2) is 0 Å². The highest BCUT2D eigenvalue weighted by atomic mass is 35.5. The van der Waals surface area contributed by atoms with Crippen LogP contribution in [0.5, 0.6) is 0 Å². The lowest BCUT2D eigenvalue weighted by molar-refractivity contribution is 0.0673. The Bertz CT molecular complexity index is 687. The highest BCUT2D eigenvalue weighted by Gasteiger charge is 2.24. The maximum atomic E-state index is 12.6. The first-order valence-corrected chi connectivity index (χ1v) is 8.67. The van der Waals surface area contributed by atoms with Crippen molar-refractivity contribution in [1.82, 2.24) is 4.90 Å². The second kappa shape index (κ2) is 7.37. The molecule has 4 heteroatoms. The van der Waals surface area contributed by atoms with E-state index in [0.717, 1.165) is 37.9 Å². The van der Waals surface area contributed by atoms with Crippen LogP contribution in [0, 0.1) is 5.92 Å². The fourth-order valence-corrected chi connectivity index (χ4v) is 3.50. The predicted octanol–water partition coefficient (Wildman–Crippen LogP) is 5.09. The van der Waals surface area contributed by atoms with E-state index >= 15 is 0 Å². The molecule has 1 aliphatic heterocycles. The van der Waals surface area contributed by atoms with E-state index in [2.05, 4.69) is 0 Å². The largest absolute Gasteiger partial charge is 0.338 e. The van der Waals surface area contributed by atoms with E-state index in [-0.39, 0.29) is 5.91 Å². The number of likely N-dealkylation sites (tertiary alicyclic amines) is 1. The molecule has 120 valence electrons. The Labute approximate surface area is 147 Å². The van der Waals surface area contributed by atoms with Crippen LogP contribution in [0.2, 0.25) is 10.0 Å². The molecule has 1 atom stereocenters. The lowest BCUT2D eigenvalue weighted by Gasteiger charge is -2.33. The van der Waals surface area contributed by atoms with Gasteiger partial charge in [0.1, 0.15) is 0 Å². The molecule has 1 fully saturated rings. The van der Waals surface area contributed by atoms with Crippen molar-refractivity contribution in [2.24, 2.45) is 5.92 Å². The Kier molecular flexibility index (Phi) is 5.24. The standard InChI is InChI=1S/C19H19Cl2NO/c20-17-9-8-14(12-18(17)21)11-15-5-4-10-22(13-15)19(23)16-6-2-1-3-7-16/h1-3,6-9,12,15H,4-5,10-11,13H2. The Hall–Kier alpha value is -1.51. The zero-order chi connectivity index (χ0) is 16.2. The summed E-state index contributed by atoms with van der Waals surface area (Å²) >= 11 is 12.1. The van der Waals surface area contributed by atoms with Crippen LogP contribution in [0.4, 0.5) is 0 Å². The van der Waals surface area contributed by atoms with E-state index in [1.54, 1.807) is 0 Å². The minimum absolute atomic E-state index is 0.129. The monoisotopic (exact) mass is 347 g/mol. The second-order valence-corrected chi connectivity index (χ2v) is 6.89. The van der Waals surface area contributed by atoms with Gasteiger partial charge in [0.05, 0.1) is 10.0 Å². The summed E-state index contributed by atoms with van der Waals surface area (Å²) in [5.74, 6) is 0.595. The van der Waals surface area contributed by atoms with Crippen molar-refractivity contribution in [1.29, 1.82) is 0 Å². The van der Waals surface area contributed by atoms with E-state index in [9.17, 15) is 4.79 Å². The molecule has 0 saturated carbocycles. The third-order valence-corrected chi connectivity index (χ3v) is 5.07. The normalized spacial score (nSPS) is 18.0. The molecular weight excluding hydrogens is 329 g/mol. The van der Waals surface area contributed by atoms with Crippen LogP contribution in [-0.2, 0) is 6.42 Å². The molecule has 1 unspecified atom stereocenters. The first-order valence-electron chi connectivity index (χ1n) is 7.92. The number of benzene rings is 2. The number of carbonyl (C=O) groups is 1. The minimum Gasteiger partial charge on any atom is -0.338 e. The molecule has 0 bridgehead atoms. The summed E-state index contributed by atoms with van der Waals surface area (Å²) in [6, 6.07) is 15.3. The van der Waals surface area contributed by atoms with Crippen LogP contribution in [0.25, 0.3) is 0 Å². The molecule has 0 N–H and O–H groups in total. The fraction of sp³-hybridized carbons (Fsp3) is 0.316. The summed E-state index contributed by atoms with van der Waals surface area (Å²) in [5.41, 5.74) is 1.95. The SMILES string of the molecule is O=C(c1ccccc1)N1CCCC(Cc2ccc(Cl)c(Cl)c2)C1. The maximum Gasteiger partial charge on any atom is 0.253 e. The Morgan fingerprint density at radius 1 is 1.09 bits per heavy atom. The summed E-state index contributed by atoms with van der Waals surface area (Å²) in [6.45, 7) is 1.64. The molecule has 1 saturated heterocycles. The number of hydrogen-bond donors (Lipinski definition) is 0. The van der Waals surface area contributed by atoms with Gasteiger partial charge in [0, 0.05) is 18.7 Å². The molecule has 0 spiro atoms. The molecule has 3 rings (SSSR count). The third-order valence-electron chi connectivity index (χ3n) is 4.34. The van der Waals surface area contributed by atoms with Gasteiger partial charge in [-0.15, -0.1) is 0 Å². The van der Waals surface area contributed by atoms with E-state index in [4.69, 9.17) is 23.2 Å². The molecule has 1 amide bonds. The lowest BCUT2D eigenvalue weighted by Crippen LogP contribution is -2.40. The highest BCUT2D eigenvalue weighted by molar-refractivity contribution is 6.42. The Morgan fingerprint density at radius 3 is 2.61 bits per heavy atom. The van der Waals surface area contributed by atoms with Gasteiger partial charge in [-0.1, -0.05) is 47.5 Å². The minimum atomic E-state index is 0.129. The van der Waals surface area contributed by atoms with Crippen LogP contribution in [0.1, 0.15) is 28.8 Å². The van der Waals surface area contributed by atoms with Crippen LogP contribution < -0.4 is 0 Å². The zero-order valence-electron chi connectivity index (χ0n) is 12.8. The van der Waals surface area contributed by atoms with E-state index in [1.807, 2.05) is 53.4 Å². The van der Waals surface area contributed by atoms with Crippen molar-refractivity contribution < 1.29 is 4.79 Å². The Balaban J connectivity index is 1.66. The summed E-state index contributed by atoms with van der Waals surface area (Å²) in [6.07, 6.45) is 3.11. The van der Waals surface area contributed by atoms with Crippen LogP contribution in [-0.4, -0.2) is 23.9 Å². The average molecular weight is 348 g/mol. The van der Waals surface area contributed by atoms with Gasteiger partial charge in [-0.3, -0.25) is 4.79 Å². The number of halogens is 2. The maximum absolute atomic E-state index is 12.6. The number of amides is 1. The average Bonchev–Trinajstić information content (AvgIpc) is 2.58. The van der Waals surface area contributed by atoms with Crippen molar-refractivity contribution in [2.75, 3.05) is 13.1 Å². The van der Waals surface area contributed by atoms with Crippen molar-refractivity contribution >= 4 is 29.1 Å². The fourth-order valence-electron chi connectivity index (χ4n) is 3.18. The molecule has 0 aromatic heterocycles. The van der Waals surface area contributed by atoms with Crippen molar-refractivity contribution in [2.45, 2.75) is 19.3 Å². The summed E-state index contributed by atoms with van der Waals surface area (Å²) < 4.78 is 0. The zero-order valence-corrected chi connectivity index (χ0v) is 14.4. The highest BCUT2D eigenvalue weighted by Crippen LogP contribution is 2.27. The predicted molar refractivity (Wildman–Crippen MR) is 95.2 cm³/mol. The van der Waals surface area contributed by atoms with Crippen LogP contribution in [0.3, 0.4) is 0 Å². The number of piperidine rings is 1. The van der Waals surface area contributed by atoms with E-state index in [1.165, 1.54) is 5.56 Å². The second-order valence-electron chi connectivity index (χ2n) is 6.08. The third kappa shape index (κ3) is 4.07. The quantitative estimate of drug-likeness (QED) is 0.757. The van der Waals surface area contributed by atoms with Gasteiger partial charge in [0.25, 0.3) is 5.91 Å². The molecule has 1 aliphatic rings. The summed E-state index contributed by atoms with van der Waals surface area (Å²) in [7, 11) is 0. The molecule has 2 nitrogen and oxygen atoms in total. The van der Waals surface area contributed by atoms with Crippen molar-refractivity contribution in [3.05, 3.63) is 69.7 Å². The number of rotatable bonds is 3. The topological polar surface area (TPSA) is 20.3 Å². The summed E-state index contributed by atoms with van der Waals surface area (Å²) in [4.78, 5) is 14.6. The van der Waals surface area contributed by atoms with E-state index < -0.39 is 0 Å². The smallest absolute Gasteiger partial charge is 0.253 e. The first-order chi connectivity index (χ1) is 11.1. The van der Waals surface area contributed by atoms with Gasteiger partial charge < -0.3 is 4.90 Å². The summed E-state index contributed by atoms with van der Waals surface area (Å²) in [5, 5.41) is 1.18.